The van der Waals surface area contributed by atoms with Gasteiger partial charge in [-0.2, -0.15) is 0 Å². The SMILES string of the molecule is [N-]=[N+]=Nc1c(F)cc([C]=O)cc1F. The first-order chi connectivity index (χ1) is 6.19. The molecule has 13 heavy (non-hydrogen) atoms. The van der Waals surface area contributed by atoms with E-state index in [-0.39, 0.29) is 5.56 Å². The molecule has 0 spiro atoms. The molecule has 0 atom stereocenters. The Hall–Kier alpha value is -1.94. The Morgan fingerprint density at radius 3 is 2.31 bits per heavy atom. The van der Waals surface area contributed by atoms with Crippen molar-refractivity contribution in [2.45, 2.75) is 0 Å². The van der Waals surface area contributed by atoms with Gasteiger partial charge in [-0.3, -0.25) is 4.79 Å². The predicted octanol–water partition coefficient (Wildman–Crippen LogP) is 2.36. The highest BCUT2D eigenvalue weighted by atomic mass is 19.1. The van der Waals surface area contributed by atoms with E-state index >= 15 is 0 Å². The van der Waals surface area contributed by atoms with Crippen molar-refractivity contribution in [2.75, 3.05) is 0 Å². The summed E-state index contributed by atoms with van der Waals surface area (Å²) in [7, 11) is 0. The van der Waals surface area contributed by atoms with Crippen LogP contribution in [0, 0.1) is 11.6 Å². The van der Waals surface area contributed by atoms with E-state index in [4.69, 9.17) is 5.53 Å². The first kappa shape index (κ1) is 9.15. The summed E-state index contributed by atoms with van der Waals surface area (Å²) in [6, 6.07) is 1.47. The zero-order valence-electron chi connectivity index (χ0n) is 6.16. The van der Waals surface area contributed by atoms with Crippen LogP contribution in [0.5, 0.6) is 0 Å². The minimum Gasteiger partial charge on any atom is -0.285 e. The molecule has 0 bridgehead atoms. The largest absolute Gasteiger partial charge is 0.285 e. The molecule has 0 saturated heterocycles. The minimum atomic E-state index is -1.09. The third-order valence-electron chi connectivity index (χ3n) is 1.28. The summed E-state index contributed by atoms with van der Waals surface area (Å²) >= 11 is 0. The molecule has 0 N–H and O–H groups in total. The fraction of sp³-hybridized carbons (Fsp3) is 0. The van der Waals surface area contributed by atoms with E-state index in [2.05, 4.69) is 10.0 Å². The highest BCUT2D eigenvalue weighted by Crippen LogP contribution is 2.23. The normalized spacial score (nSPS) is 9.08. The maximum Gasteiger partial charge on any atom is 0.233 e. The Bertz CT molecular complexity index is 376. The molecule has 0 unspecified atom stereocenters. The second-order valence-electron chi connectivity index (χ2n) is 2.08. The first-order valence-electron chi connectivity index (χ1n) is 3.11. The van der Waals surface area contributed by atoms with E-state index < -0.39 is 17.3 Å². The Labute approximate surface area is 71.4 Å². The molecule has 0 saturated carbocycles. The fourth-order valence-electron chi connectivity index (χ4n) is 0.765. The van der Waals surface area contributed by atoms with Gasteiger partial charge in [-0.15, -0.1) is 0 Å². The van der Waals surface area contributed by atoms with Crippen LogP contribution in [0.2, 0.25) is 0 Å². The van der Waals surface area contributed by atoms with Crippen LogP contribution in [0.3, 0.4) is 0 Å². The van der Waals surface area contributed by atoms with E-state index in [1.54, 1.807) is 0 Å². The van der Waals surface area contributed by atoms with Crippen molar-refractivity contribution in [1.82, 2.24) is 0 Å². The standard InChI is InChI=1S/C7H2F2N3O/c8-5-1-4(3-13)2-6(9)7(5)11-12-10/h1-2H. The highest BCUT2D eigenvalue weighted by Gasteiger charge is 2.09. The monoisotopic (exact) mass is 182 g/mol. The van der Waals surface area contributed by atoms with Gasteiger partial charge < -0.3 is 0 Å². The van der Waals surface area contributed by atoms with Gasteiger partial charge in [0.15, 0.2) is 0 Å². The number of azide groups is 1. The van der Waals surface area contributed by atoms with Gasteiger partial charge in [-0.25, -0.2) is 8.78 Å². The smallest absolute Gasteiger partial charge is 0.233 e. The second-order valence-corrected chi connectivity index (χ2v) is 2.08. The van der Waals surface area contributed by atoms with Crippen molar-refractivity contribution in [2.24, 2.45) is 5.11 Å². The Kier molecular flexibility index (Phi) is 2.56. The second kappa shape index (κ2) is 3.64. The van der Waals surface area contributed by atoms with Crippen LogP contribution in [0.1, 0.15) is 5.56 Å². The van der Waals surface area contributed by atoms with Crippen LogP contribution >= 0.6 is 0 Å². The van der Waals surface area contributed by atoms with Crippen LogP contribution in [0.15, 0.2) is 17.2 Å². The number of nitrogens with zero attached hydrogens (tertiary/aromatic N) is 3. The first-order valence-corrected chi connectivity index (χ1v) is 3.11. The van der Waals surface area contributed by atoms with E-state index in [9.17, 15) is 13.6 Å². The highest BCUT2D eigenvalue weighted by molar-refractivity contribution is 5.76. The lowest BCUT2D eigenvalue weighted by Gasteiger charge is -1.97. The van der Waals surface area contributed by atoms with Gasteiger partial charge in [0.1, 0.15) is 17.3 Å². The van der Waals surface area contributed by atoms with Crippen molar-refractivity contribution in [3.8, 4) is 0 Å². The minimum absolute atomic E-state index is 0.271. The van der Waals surface area contributed by atoms with Crippen LogP contribution < -0.4 is 0 Å². The van der Waals surface area contributed by atoms with Crippen molar-refractivity contribution < 1.29 is 13.6 Å². The van der Waals surface area contributed by atoms with Crippen LogP contribution in [-0.4, -0.2) is 6.29 Å². The van der Waals surface area contributed by atoms with Crippen molar-refractivity contribution in [3.63, 3.8) is 0 Å². The van der Waals surface area contributed by atoms with Crippen LogP contribution in [0.4, 0.5) is 14.5 Å². The summed E-state index contributed by atoms with van der Waals surface area (Å²) in [5, 5.41) is 2.78. The topological polar surface area (TPSA) is 65.8 Å². The lowest BCUT2D eigenvalue weighted by Crippen LogP contribution is -1.87. The Balaban J connectivity index is 3.38. The Morgan fingerprint density at radius 2 is 1.92 bits per heavy atom. The summed E-state index contributed by atoms with van der Waals surface area (Å²) in [6.07, 6.45) is 1.31. The summed E-state index contributed by atoms with van der Waals surface area (Å²) in [5.41, 5.74) is 6.92. The van der Waals surface area contributed by atoms with E-state index in [1.807, 2.05) is 0 Å². The van der Waals surface area contributed by atoms with Crippen LogP contribution in [-0.2, 0) is 4.79 Å². The molecule has 4 nitrogen and oxygen atoms in total. The molecule has 1 radical (unpaired) electrons. The van der Waals surface area contributed by atoms with Gasteiger partial charge >= 0.3 is 0 Å². The molecular weight excluding hydrogens is 180 g/mol. The molecule has 0 aromatic heterocycles. The summed E-state index contributed by atoms with van der Waals surface area (Å²) in [5.74, 6) is -2.17. The quantitative estimate of drug-likeness (QED) is 0.393. The molecular formula is C7H2F2N3O. The summed E-state index contributed by atoms with van der Waals surface area (Å²) < 4.78 is 25.6. The number of benzene rings is 1. The zero-order valence-corrected chi connectivity index (χ0v) is 6.16. The summed E-state index contributed by atoms with van der Waals surface area (Å²) in [4.78, 5) is 12.2. The van der Waals surface area contributed by atoms with E-state index in [0.29, 0.717) is 0 Å². The molecule has 0 aliphatic carbocycles. The number of rotatable bonds is 2. The van der Waals surface area contributed by atoms with Crippen molar-refractivity contribution in [3.05, 3.63) is 39.8 Å². The van der Waals surface area contributed by atoms with Gasteiger partial charge in [0.2, 0.25) is 6.29 Å². The third-order valence-corrected chi connectivity index (χ3v) is 1.28. The van der Waals surface area contributed by atoms with Crippen molar-refractivity contribution >= 4 is 12.0 Å². The maximum absolute atomic E-state index is 12.8. The molecule has 0 heterocycles. The van der Waals surface area contributed by atoms with Gasteiger partial charge in [-0.1, -0.05) is 5.11 Å². The average molecular weight is 182 g/mol. The molecule has 0 amide bonds. The molecule has 0 aliphatic heterocycles. The van der Waals surface area contributed by atoms with Gasteiger partial charge in [0.05, 0.1) is 0 Å². The predicted molar refractivity (Wildman–Crippen MR) is 40.0 cm³/mol. The molecule has 6 heteroatoms. The Morgan fingerprint density at radius 1 is 1.38 bits per heavy atom. The number of carbonyl (C=O) groups excluding carboxylic acids is 1. The fourth-order valence-corrected chi connectivity index (χ4v) is 0.765. The number of hydrogen-bond acceptors (Lipinski definition) is 2. The van der Waals surface area contributed by atoms with E-state index in [0.717, 1.165) is 12.1 Å². The van der Waals surface area contributed by atoms with Crippen molar-refractivity contribution in [1.29, 1.82) is 0 Å². The molecule has 1 rings (SSSR count). The maximum atomic E-state index is 12.8. The summed E-state index contributed by atoms with van der Waals surface area (Å²) in [6.45, 7) is 0. The zero-order chi connectivity index (χ0) is 9.84. The molecule has 0 fully saturated rings. The third kappa shape index (κ3) is 1.80. The number of halogens is 2. The molecule has 65 valence electrons. The van der Waals surface area contributed by atoms with Gasteiger partial charge in [0, 0.05) is 10.5 Å². The van der Waals surface area contributed by atoms with E-state index in [1.165, 1.54) is 6.29 Å². The molecule has 1 aromatic carbocycles. The average Bonchev–Trinajstić information content (AvgIpc) is 2.11. The molecule has 1 aromatic rings. The van der Waals surface area contributed by atoms with Gasteiger partial charge in [0.25, 0.3) is 0 Å². The van der Waals surface area contributed by atoms with Crippen LogP contribution in [0.25, 0.3) is 10.4 Å². The molecule has 0 aliphatic rings. The number of hydrogen-bond donors (Lipinski definition) is 0. The lowest BCUT2D eigenvalue weighted by molar-refractivity contribution is 0.558. The lowest BCUT2D eigenvalue weighted by atomic mass is 10.2. The van der Waals surface area contributed by atoms with Gasteiger partial charge in [-0.05, 0) is 17.7 Å².